The van der Waals surface area contributed by atoms with Crippen LogP contribution in [-0.2, 0) is 0 Å². The van der Waals surface area contributed by atoms with E-state index in [1.165, 1.54) is 24.7 Å². The quantitative estimate of drug-likeness (QED) is 0.516. The van der Waals surface area contributed by atoms with Gasteiger partial charge in [-0.1, -0.05) is 12.1 Å². The number of aryl methyl sites for hydroxylation is 1. The molecule has 0 aliphatic heterocycles. The van der Waals surface area contributed by atoms with Gasteiger partial charge in [0.1, 0.15) is 11.6 Å². The largest absolute Gasteiger partial charge is 0.555 e. The van der Waals surface area contributed by atoms with Gasteiger partial charge in [-0.2, -0.15) is 14.9 Å². The van der Waals surface area contributed by atoms with E-state index in [-0.39, 0.29) is 5.56 Å². The van der Waals surface area contributed by atoms with Crippen LogP contribution >= 0.6 is 0 Å². The van der Waals surface area contributed by atoms with Gasteiger partial charge in [-0.15, -0.1) is 0 Å². The van der Waals surface area contributed by atoms with Crippen molar-refractivity contribution in [2.75, 3.05) is 0 Å². The monoisotopic (exact) mass is 374 g/mol. The van der Waals surface area contributed by atoms with Crippen LogP contribution in [0.4, 0.5) is 8.78 Å². The molecule has 28 heavy (non-hydrogen) atoms. The van der Waals surface area contributed by atoms with Crippen LogP contribution in [0, 0.1) is 29.9 Å². The van der Waals surface area contributed by atoms with Gasteiger partial charge < -0.3 is 4.65 Å². The molecule has 2 heterocycles. The molecule has 4 aromatic rings. The van der Waals surface area contributed by atoms with Crippen LogP contribution in [0.1, 0.15) is 11.3 Å². The van der Waals surface area contributed by atoms with Crippen molar-refractivity contribution in [1.29, 1.82) is 5.26 Å². The number of aromatic nitrogens is 3. The molecule has 0 aliphatic carbocycles. The van der Waals surface area contributed by atoms with Crippen molar-refractivity contribution >= 4 is 13.7 Å². The van der Waals surface area contributed by atoms with Gasteiger partial charge in [0.15, 0.2) is 11.5 Å². The highest BCUT2D eigenvalue weighted by molar-refractivity contribution is 6.00. The van der Waals surface area contributed by atoms with Crippen LogP contribution < -0.4 is 4.65 Å². The highest BCUT2D eigenvalue weighted by Gasteiger charge is 2.20. The molecule has 8 heteroatoms. The van der Waals surface area contributed by atoms with Gasteiger partial charge in [0.25, 0.3) is 0 Å². The SMILES string of the molecule is BOc1cc(-c2ccc(C#N)cc2)nc2c(-c3ccc(F)cc3F)c(C)nn12. The highest BCUT2D eigenvalue weighted by atomic mass is 19.1. The molecule has 0 saturated carbocycles. The Morgan fingerprint density at radius 2 is 1.86 bits per heavy atom. The summed E-state index contributed by atoms with van der Waals surface area (Å²) in [6, 6.07) is 14.1. The van der Waals surface area contributed by atoms with Crippen molar-refractivity contribution in [3.05, 3.63) is 71.4 Å². The molecule has 0 unspecified atom stereocenters. The van der Waals surface area contributed by atoms with Gasteiger partial charge in [0.2, 0.25) is 0 Å². The zero-order valence-electron chi connectivity index (χ0n) is 15.1. The number of nitrogens with zero attached hydrogens (tertiary/aromatic N) is 4. The maximum Gasteiger partial charge on any atom is 0.324 e. The van der Waals surface area contributed by atoms with E-state index in [0.717, 1.165) is 11.6 Å². The molecule has 2 aromatic carbocycles. The second-order valence-electron chi connectivity index (χ2n) is 6.19. The number of fused-ring (bicyclic) bond motifs is 1. The van der Waals surface area contributed by atoms with E-state index in [1.54, 1.807) is 37.3 Å². The Labute approximate surface area is 160 Å². The minimum atomic E-state index is -0.692. The summed E-state index contributed by atoms with van der Waals surface area (Å²) in [6.07, 6.45) is 0. The molecular formula is C20H13BF2N4O. The van der Waals surface area contributed by atoms with E-state index in [2.05, 4.69) is 16.2 Å². The van der Waals surface area contributed by atoms with E-state index in [0.29, 0.717) is 34.0 Å². The van der Waals surface area contributed by atoms with Gasteiger partial charge in [0, 0.05) is 23.3 Å². The lowest BCUT2D eigenvalue weighted by molar-refractivity contribution is 0.558. The standard InChI is InChI=1S/C20H13BF2N4O/c1-11-19(15-7-6-14(22)8-16(15)23)20-25-17(9-18(28-21)27(20)26-11)13-4-2-12(10-24)3-5-13/h2-9H,21H2,1H3. The van der Waals surface area contributed by atoms with Crippen LogP contribution in [0.2, 0.25) is 0 Å². The molecule has 4 rings (SSSR count). The van der Waals surface area contributed by atoms with Crippen LogP contribution in [0.15, 0.2) is 48.5 Å². The Hall–Kier alpha value is -3.73. The fourth-order valence-electron chi connectivity index (χ4n) is 3.11. The van der Waals surface area contributed by atoms with Gasteiger partial charge in [-0.25, -0.2) is 13.8 Å². The fraction of sp³-hybridized carbons (Fsp3) is 0.0500. The van der Waals surface area contributed by atoms with E-state index >= 15 is 0 Å². The van der Waals surface area contributed by atoms with E-state index in [9.17, 15) is 8.78 Å². The Balaban J connectivity index is 1.99. The van der Waals surface area contributed by atoms with Crippen LogP contribution in [0.3, 0.4) is 0 Å². The Bertz CT molecular complexity index is 1250. The predicted molar refractivity (Wildman–Crippen MR) is 102 cm³/mol. The van der Waals surface area contributed by atoms with Crippen molar-refractivity contribution in [3.8, 4) is 34.3 Å². The number of nitriles is 1. The van der Waals surface area contributed by atoms with Crippen LogP contribution in [-0.4, -0.2) is 22.6 Å². The number of hydrogen-bond donors (Lipinski definition) is 0. The molecule has 0 aliphatic rings. The minimum absolute atomic E-state index is 0.209. The average Bonchev–Trinajstić information content (AvgIpc) is 3.03. The molecule has 0 N–H and O–H groups in total. The molecule has 0 spiro atoms. The maximum atomic E-state index is 14.4. The Morgan fingerprint density at radius 3 is 2.50 bits per heavy atom. The first-order valence-electron chi connectivity index (χ1n) is 8.42. The summed E-state index contributed by atoms with van der Waals surface area (Å²) in [6.45, 7) is 1.73. The second-order valence-corrected chi connectivity index (χ2v) is 6.19. The van der Waals surface area contributed by atoms with Crippen molar-refractivity contribution in [2.24, 2.45) is 0 Å². The first-order valence-corrected chi connectivity index (χ1v) is 8.42. The normalized spacial score (nSPS) is 10.8. The minimum Gasteiger partial charge on any atom is -0.555 e. The zero-order valence-corrected chi connectivity index (χ0v) is 15.1. The molecule has 0 saturated heterocycles. The molecular weight excluding hydrogens is 361 g/mol. The zero-order chi connectivity index (χ0) is 19.8. The molecule has 2 aromatic heterocycles. The molecule has 136 valence electrons. The van der Waals surface area contributed by atoms with E-state index < -0.39 is 11.6 Å². The first kappa shape index (κ1) is 17.7. The van der Waals surface area contributed by atoms with Crippen molar-refractivity contribution in [3.63, 3.8) is 0 Å². The third-order valence-corrected chi connectivity index (χ3v) is 4.45. The van der Waals surface area contributed by atoms with E-state index in [4.69, 9.17) is 9.92 Å². The second kappa shape index (κ2) is 6.78. The summed E-state index contributed by atoms with van der Waals surface area (Å²) in [5, 5.41) is 13.4. The first-order chi connectivity index (χ1) is 13.5. The summed E-state index contributed by atoms with van der Waals surface area (Å²) in [5.41, 5.74) is 3.48. The van der Waals surface area contributed by atoms with Crippen LogP contribution in [0.25, 0.3) is 28.0 Å². The van der Waals surface area contributed by atoms with Gasteiger partial charge in [-0.05, 0) is 31.2 Å². The number of benzene rings is 2. The lowest BCUT2D eigenvalue weighted by Gasteiger charge is -2.09. The van der Waals surface area contributed by atoms with E-state index in [1.807, 2.05) is 0 Å². The van der Waals surface area contributed by atoms with Crippen molar-refractivity contribution < 1.29 is 13.4 Å². The average molecular weight is 374 g/mol. The molecule has 0 amide bonds. The number of hydrogen-bond acceptors (Lipinski definition) is 4. The molecule has 0 bridgehead atoms. The Morgan fingerprint density at radius 1 is 1.11 bits per heavy atom. The molecule has 5 nitrogen and oxygen atoms in total. The predicted octanol–water partition coefficient (Wildman–Crippen LogP) is 3.45. The van der Waals surface area contributed by atoms with Gasteiger partial charge in [-0.3, -0.25) is 0 Å². The topological polar surface area (TPSA) is 63.2 Å². The molecule has 0 fully saturated rings. The fourth-order valence-corrected chi connectivity index (χ4v) is 3.11. The molecule has 0 radical (unpaired) electrons. The summed E-state index contributed by atoms with van der Waals surface area (Å²) in [7, 11) is 1.51. The summed E-state index contributed by atoms with van der Waals surface area (Å²) in [4.78, 5) is 4.65. The third kappa shape index (κ3) is 2.87. The lowest BCUT2D eigenvalue weighted by Crippen LogP contribution is -2.00. The van der Waals surface area contributed by atoms with Gasteiger partial charge >= 0.3 is 8.05 Å². The lowest BCUT2D eigenvalue weighted by atomic mass is 10.0. The molecule has 0 atom stereocenters. The van der Waals surface area contributed by atoms with Crippen LogP contribution in [0.5, 0.6) is 5.88 Å². The maximum absolute atomic E-state index is 14.4. The van der Waals surface area contributed by atoms with Gasteiger partial charge in [0.05, 0.1) is 28.6 Å². The van der Waals surface area contributed by atoms with Crippen molar-refractivity contribution in [1.82, 2.24) is 14.6 Å². The third-order valence-electron chi connectivity index (χ3n) is 4.45. The highest BCUT2D eigenvalue weighted by Crippen LogP contribution is 2.33. The Kier molecular flexibility index (Phi) is 4.28. The summed E-state index contributed by atoms with van der Waals surface area (Å²) in [5.74, 6) is -0.928. The number of halogens is 2. The smallest absolute Gasteiger partial charge is 0.324 e. The summed E-state index contributed by atoms with van der Waals surface area (Å²) < 4.78 is 34.7. The number of rotatable bonds is 3. The van der Waals surface area contributed by atoms with Crippen molar-refractivity contribution in [2.45, 2.75) is 6.92 Å². The summed E-state index contributed by atoms with van der Waals surface area (Å²) >= 11 is 0.